The molecule has 0 atom stereocenters. The summed E-state index contributed by atoms with van der Waals surface area (Å²) in [7, 11) is 0. The minimum Gasteiger partial charge on any atom is -0.294 e. The maximum atomic E-state index is 12.4. The molecule has 0 N–H and O–H groups in total. The Morgan fingerprint density at radius 3 is 2.33 bits per heavy atom. The van der Waals surface area contributed by atoms with Gasteiger partial charge in [-0.1, -0.05) is 52.0 Å². The van der Waals surface area contributed by atoms with Gasteiger partial charge in [-0.05, 0) is 17.4 Å². The summed E-state index contributed by atoms with van der Waals surface area (Å²) >= 11 is 0. The highest BCUT2D eigenvalue weighted by Gasteiger charge is 2.47. The number of hydrogen-bond donors (Lipinski definition) is 0. The molecule has 1 nitrogen and oxygen atoms in total. The summed E-state index contributed by atoms with van der Waals surface area (Å²) in [6, 6.07) is 7.99. The molecule has 1 aliphatic carbocycles. The van der Waals surface area contributed by atoms with Crippen LogP contribution in [0.3, 0.4) is 0 Å². The Bertz CT molecular complexity index is 413. The second-order valence-electron chi connectivity index (χ2n) is 5.67. The quantitative estimate of drug-likeness (QED) is 0.629. The van der Waals surface area contributed by atoms with Gasteiger partial charge in [0.1, 0.15) is 0 Å². The van der Waals surface area contributed by atoms with E-state index in [0.717, 1.165) is 12.0 Å². The van der Waals surface area contributed by atoms with E-state index in [4.69, 9.17) is 0 Å². The van der Waals surface area contributed by atoms with Crippen LogP contribution in [-0.4, -0.2) is 5.78 Å². The van der Waals surface area contributed by atoms with Gasteiger partial charge in [0.25, 0.3) is 0 Å². The molecule has 0 radical (unpaired) electrons. The number of carbonyl (C=O) groups is 1. The number of fused-ring (bicyclic) bond motifs is 1. The van der Waals surface area contributed by atoms with Crippen molar-refractivity contribution in [3.05, 3.63) is 35.4 Å². The zero-order valence-electron chi connectivity index (χ0n) is 9.92. The van der Waals surface area contributed by atoms with E-state index in [-0.39, 0.29) is 16.6 Å². The second-order valence-corrected chi connectivity index (χ2v) is 5.67. The summed E-state index contributed by atoms with van der Waals surface area (Å²) in [4.78, 5) is 12.4. The highest BCUT2D eigenvalue weighted by molar-refractivity contribution is 6.03. The van der Waals surface area contributed by atoms with Crippen molar-refractivity contribution >= 4 is 5.78 Å². The number of ketones is 1. The van der Waals surface area contributed by atoms with Crippen LogP contribution in [-0.2, 0) is 6.42 Å². The first-order valence-electron chi connectivity index (χ1n) is 5.49. The van der Waals surface area contributed by atoms with Crippen LogP contribution in [0.25, 0.3) is 0 Å². The molecule has 0 saturated heterocycles. The van der Waals surface area contributed by atoms with Gasteiger partial charge in [0, 0.05) is 11.0 Å². The second kappa shape index (κ2) is 2.94. The molecule has 0 spiro atoms. The van der Waals surface area contributed by atoms with Crippen LogP contribution in [0.2, 0.25) is 0 Å². The van der Waals surface area contributed by atoms with E-state index in [1.165, 1.54) is 5.56 Å². The molecule has 0 aromatic heterocycles. The van der Waals surface area contributed by atoms with Crippen LogP contribution >= 0.6 is 0 Å². The third kappa shape index (κ3) is 1.33. The maximum Gasteiger partial charge on any atom is 0.169 e. The predicted molar refractivity (Wildman–Crippen MR) is 62.0 cm³/mol. The van der Waals surface area contributed by atoms with Crippen LogP contribution in [0.1, 0.15) is 43.6 Å². The van der Waals surface area contributed by atoms with E-state index >= 15 is 0 Å². The Hall–Kier alpha value is -1.11. The zero-order valence-corrected chi connectivity index (χ0v) is 9.92. The average Bonchev–Trinajstić information content (AvgIpc) is 2.15. The molecule has 0 amide bonds. The standard InChI is InChI=1S/C14H18O/c1-13(2)9-10-7-5-6-8-11(10)12(15)14(13,3)4/h5-8H,9H2,1-4H3. The van der Waals surface area contributed by atoms with Gasteiger partial charge in [0.2, 0.25) is 0 Å². The van der Waals surface area contributed by atoms with Crippen molar-refractivity contribution in [1.82, 2.24) is 0 Å². The first-order valence-corrected chi connectivity index (χ1v) is 5.49. The van der Waals surface area contributed by atoms with Crippen molar-refractivity contribution in [3.63, 3.8) is 0 Å². The molecular formula is C14H18O. The molecule has 1 aromatic rings. The van der Waals surface area contributed by atoms with Gasteiger partial charge in [0.15, 0.2) is 5.78 Å². The lowest BCUT2D eigenvalue weighted by Gasteiger charge is -2.44. The van der Waals surface area contributed by atoms with Crippen molar-refractivity contribution in [3.8, 4) is 0 Å². The summed E-state index contributed by atoms with van der Waals surface area (Å²) in [6.07, 6.45) is 0.988. The van der Waals surface area contributed by atoms with E-state index in [0.29, 0.717) is 0 Å². The Morgan fingerprint density at radius 2 is 1.67 bits per heavy atom. The highest BCUT2D eigenvalue weighted by Crippen LogP contribution is 2.47. The summed E-state index contributed by atoms with van der Waals surface area (Å²) in [5, 5.41) is 0. The molecule has 0 fully saturated rings. The molecule has 0 unspecified atom stereocenters. The predicted octanol–water partition coefficient (Wildman–Crippen LogP) is 3.48. The summed E-state index contributed by atoms with van der Waals surface area (Å²) in [5.41, 5.74) is 1.90. The Balaban J connectivity index is 2.61. The fourth-order valence-electron chi connectivity index (χ4n) is 2.24. The van der Waals surface area contributed by atoms with Crippen LogP contribution < -0.4 is 0 Å². The van der Waals surface area contributed by atoms with Crippen molar-refractivity contribution in [2.75, 3.05) is 0 Å². The van der Waals surface area contributed by atoms with Crippen LogP contribution in [0.15, 0.2) is 24.3 Å². The van der Waals surface area contributed by atoms with E-state index in [1.807, 2.05) is 18.2 Å². The van der Waals surface area contributed by atoms with Gasteiger partial charge in [-0.2, -0.15) is 0 Å². The summed E-state index contributed by atoms with van der Waals surface area (Å²) < 4.78 is 0. The van der Waals surface area contributed by atoms with Crippen molar-refractivity contribution in [1.29, 1.82) is 0 Å². The fraction of sp³-hybridized carbons (Fsp3) is 0.500. The molecule has 80 valence electrons. The van der Waals surface area contributed by atoms with Gasteiger partial charge in [-0.25, -0.2) is 0 Å². The van der Waals surface area contributed by atoms with Gasteiger partial charge < -0.3 is 0 Å². The third-order valence-electron chi connectivity index (χ3n) is 4.15. The highest BCUT2D eigenvalue weighted by atomic mass is 16.1. The Labute approximate surface area is 91.5 Å². The SMILES string of the molecule is CC1(C)Cc2ccccc2C(=O)C1(C)C. The lowest BCUT2D eigenvalue weighted by Crippen LogP contribution is -2.45. The number of rotatable bonds is 0. The summed E-state index contributed by atoms with van der Waals surface area (Å²) in [6.45, 7) is 8.48. The third-order valence-corrected chi connectivity index (χ3v) is 4.15. The minimum atomic E-state index is -0.263. The molecule has 0 saturated carbocycles. The van der Waals surface area contributed by atoms with E-state index in [9.17, 15) is 4.79 Å². The zero-order chi connectivity index (χ0) is 11.3. The maximum absolute atomic E-state index is 12.4. The topological polar surface area (TPSA) is 17.1 Å². The lowest BCUT2D eigenvalue weighted by atomic mass is 9.58. The van der Waals surface area contributed by atoms with E-state index in [1.54, 1.807) is 0 Å². The lowest BCUT2D eigenvalue weighted by molar-refractivity contribution is 0.0532. The van der Waals surface area contributed by atoms with Crippen molar-refractivity contribution in [2.24, 2.45) is 10.8 Å². The molecule has 2 rings (SSSR count). The van der Waals surface area contributed by atoms with E-state index < -0.39 is 0 Å². The Kier molecular flexibility index (Phi) is 2.04. The minimum absolute atomic E-state index is 0.0401. The number of carbonyl (C=O) groups excluding carboxylic acids is 1. The molecular weight excluding hydrogens is 184 g/mol. The molecule has 0 aliphatic heterocycles. The number of hydrogen-bond acceptors (Lipinski definition) is 1. The van der Waals surface area contributed by atoms with Crippen LogP contribution in [0, 0.1) is 10.8 Å². The first kappa shape index (κ1) is 10.4. The van der Waals surface area contributed by atoms with Crippen molar-refractivity contribution in [2.45, 2.75) is 34.1 Å². The largest absolute Gasteiger partial charge is 0.294 e. The van der Waals surface area contributed by atoms with Gasteiger partial charge in [-0.3, -0.25) is 4.79 Å². The summed E-state index contributed by atoms with van der Waals surface area (Å²) in [5.74, 6) is 0.286. The molecule has 0 heterocycles. The van der Waals surface area contributed by atoms with Gasteiger partial charge in [0.05, 0.1) is 0 Å². The normalized spacial score (nSPS) is 22.3. The number of benzene rings is 1. The van der Waals surface area contributed by atoms with Gasteiger partial charge in [-0.15, -0.1) is 0 Å². The number of Topliss-reactive ketones (excluding diaryl/α,β-unsaturated/α-hetero) is 1. The van der Waals surface area contributed by atoms with Gasteiger partial charge >= 0.3 is 0 Å². The van der Waals surface area contributed by atoms with Crippen molar-refractivity contribution < 1.29 is 4.79 Å². The Morgan fingerprint density at radius 1 is 1.07 bits per heavy atom. The van der Waals surface area contributed by atoms with Crippen LogP contribution in [0.5, 0.6) is 0 Å². The molecule has 15 heavy (non-hydrogen) atoms. The smallest absolute Gasteiger partial charge is 0.169 e. The average molecular weight is 202 g/mol. The van der Waals surface area contributed by atoms with E-state index in [2.05, 4.69) is 33.8 Å². The molecule has 1 aliphatic rings. The molecule has 1 aromatic carbocycles. The molecule has 1 heteroatoms. The first-order chi connectivity index (χ1) is 6.86. The van der Waals surface area contributed by atoms with Crippen LogP contribution in [0.4, 0.5) is 0 Å². The molecule has 0 bridgehead atoms. The fourth-order valence-corrected chi connectivity index (χ4v) is 2.24. The monoisotopic (exact) mass is 202 g/mol.